The van der Waals surface area contributed by atoms with Gasteiger partial charge in [0.1, 0.15) is 5.75 Å². The SMILES string of the molecule is Cc1cccc(OCC(=O)Nc2ccc([N+](=O)[O-])cc2Cl)c1C. The maximum Gasteiger partial charge on any atom is 0.271 e. The van der Waals surface area contributed by atoms with Crippen LogP contribution in [0.4, 0.5) is 11.4 Å². The minimum Gasteiger partial charge on any atom is -0.483 e. The number of nitro benzene ring substituents is 1. The molecule has 0 aromatic heterocycles. The van der Waals surface area contributed by atoms with Gasteiger partial charge < -0.3 is 10.1 Å². The first-order valence-corrected chi connectivity index (χ1v) is 7.19. The molecule has 0 aliphatic carbocycles. The third-order valence-corrected chi connectivity index (χ3v) is 3.66. The number of aryl methyl sites for hydroxylation is 1. The van der Waals surface area contributed by atoms with Crippen LogP contribution in [0.5, 0.6) is 5.75 Å². The van der Waals surface area contributed by atoms with Crippen molar-refractivity contribution in [3.63, 3.8) is 0 Å². The maximum absolute atomic E-state index is 11.9. The fourth-order valence-corrected chi connectivity index (χ4v) is 2.15. The third kappa shape index (κ3) is 4.20. The monoisotopic (exact) mass is 334 g/mol. The van der Waals surface area contributed by atoms with Gasteiger partial charge in [-0.2, -0.15) is 0 Å². The van der Waals surface area contributed by atoms with Crippen LogP contribution in [0.15, 0.2) is 36.4 Å². The molecule has 1 amide bonds. The highest BCUT2D eigenvalue weighted by Gasteiger charge is 2.12. The van der Waals surface area contributed by atoms with Gasteiger partial charge in [0.05, 0.1) is 15.6 Å². The summed E-state index contributed by atoms with van der Waals surface area (Å²) in [4.78, 5) is 22.0. The molecule has 0 saturated carbocycles. The molecule has 2 aromatic carbocycles. The van der Waals surface area contributed by atoms with Crippen LogP contribution in [0, 0.1) is 24.0 Å². The summed E-state index contributed by atoms with van der Waals surface area (Å²) in [5.41, 5.74) is 2.20. The summed E-state index contributed by atoms with van der Waals surface area (Å²) >= 11 is 5.92. The quantitative estimate of drug-likeness (QED) is 0.664. The van der Waals surface area contributed by atoms with Crippen molar-refractivity contribution in [1.82, 2.24) is 0 Å². The highest BCUT2D eigenvalue weighted by atomic mass is 35.5. The molecule has 7 heteroatoms. The first kappa shape index (κ1) is 16.8. The van der Waals surface area contributed by atoms with Crippen LogP contribution in [0.1, 0.15) is 11.1 Å². The van der Waals surface area contributed by atoms with Crippen LogP contribution >= 0.6 is 11.6 Å². The molecule has 23 heavy (non-hydrogen) atoms. The summed E-state index contributed by atoms with van der Waals surface area (Å²) in [5.74, 6) is 0.233. The second-order valence-corrected chi connectivity index (χ2v) is 5.36. The number of nitrogens with zero attached hydrogens (tertiary/aromatic N) is 1. The number of ether oxygens (including phenoxy) is 1. The van der Waals surface area contributed by atoms with Gasteiger partial charge in [-0.1, -0.05) is 23.7 Å². The molecule has 0 saturated heterocycles. The van der Waals surface area contributed by atoms with Crippen LogP contribution in [0.3, 0.4) is 0 Å². The number of amides is 1. The number of anilines is 1. The first-order valence-electron chi connectivity index (χ1n) is 6.81. The summed E-state index contributed by atoms with van der Waals surface area (Å²) in [6, 6.07) is 9.43. The van der Waals surface area contributed by atoms with Gasteiger partial charge in [0.15, 0.2) is 6.61 Å². The lowest BCUT2D eigenvalue weighted by molar-refractivity contribution is -0.384. The number of non-ortho nitro benzene ring substituents is 1. The number of carbonyl (C=O) groups is 1. The zero-order valence-electron chi connectivity index (χ0n) is 12.6. The fraction of sp³-hybridized carbons (Fsp3) is 0.188. The van der Waals surface area contributed by atoms with E-state index in [-0.39, 0.29) is 17.3 Å². The van der Waals surface area contributed by atoms with E-state index in [1.807, 2.05) is 26.0 Å². The van der Waals surface area contributed by atoms with E-state index in [0.717, 1.165) is 11.1 Å². The smallest absolute Gasteiger partial charge is 0.271 e. The number of hydrogen-bond acceptors (Lipinski definition) is 4. The Morgan fingerprint density at radius 2 is 2.04 bits per heavy atom. The lowest BCUT2D eigenvalue weighted by atomic mass is 10.1. The molecule has 1 N–H and O–H groups in total. The third-order valence-electron chi connectivity index (χ3n) is 3.35. The van der Waals surface area contributed by atoms with Crippen LogP contribution in [-0.2, 0) is 4.79 Å². The summed E-state index contributed by atoms with van der Waals surface area (Å²) in [6.45, 7) is 3.69. The van der Waals surface area contributed by atoms with Crippen molar-refractivity contribution >= 4 is 28.9 Å². The number of nitro groups is 1. The Kier molecular flexibility index (Phi) is 5.18. The molecule has 120 valence electrons. The molecule has 0 atom stereocenters. The van der Waals surface area contributed by atoms with Crippen LogP contribution in [0.25, 0.3) is 0 Å². The molecule has 0 aliphatic rings. The highest BCUT2D eigenvalue weighted by Crippen LogP contribution is 2.26. The van der Waals surface area contributed by atoms with E-state index in [2.05, 4.69) is 5.32 Å². The van der Waals surface area contributed by atoms with Gasteiger partial charge in [-0.25, -0.2) is 0 Å². The van der Waals surface area contributed by atoms with E-state index in [1.165, 1.54) is 18.2 Å². The van der Waals surface area contributed by atoms with E-state index >= 15 is 0 Å². The Morgan fingerprint density at radius 3 is 2.70 bits per heavy atom. The summed E-state index contributed by atoms with van der Waals surface area (Å²) in [5, 5.41) is 13.3. The molecule has 0 spiro atoms. The number of rotatable bonds is 5. The van der Waals surface area contributed by atoms with Gasteiger partial charge in [-0.3, -0.25) is 14.9 Å². The molecule has 2 aromatic rings. The standard InChI is InChI=1S/C16H15ClN2O4/c1-10-4-3-5-15(11(10)2)23-9-16(20)18-14-7-6-12(19(21)22)8-13(14)17/h3-8H,9H2,1-2H3,(H,18,20). The Morgan fingerprint density at radius 1 is 1.30 bits per heavy atom. The average Bonchev–Trinajstić information content (AvgIpc) is 2.50. The molecular weight excluding hydrogens is 320 g/mol. The van der Waals surface area contributed by atoms with Crippen molar-refractivity contribution in [2.75, 3.05) is 11.9 Å². The van der Waals surface area contributed by atoms with Gasteiger partial charge in [-0.15, -0.1) is 0 Å². The molecule has 2 rings (SSSR count). The Hall–Kier alpha value is -2.60. The van der Waals surface area contributed by atoms with E-state index < -0.39 is 10.8 Å². The number of benzene rings is 2. The molecule has 0 bridgehead atoms. The minimum absolute atomic E-state index is 0.0966. The lowest BCUT2D eigenvalue weighted by Crippen LogP contribution is -2.20. The van der Waals surface area contributed by atoms with Crippen LogP contribution < -0.4 is 10.1 Å². The Balaban J connectivity index is 2.00. The minimum atomic E-state index is -0.554. The van der Waals surface area contributed by atoms with Crippen molar-refractivity contribution in [1.29, 1.82) is 0 Å². The predicted molar refractivity (Wildman–Crippen MR) is 88.1 cm³/mol. The van der Waals surface area contributed by atoms with Crippen molar-refractivity contribution in [2.24, 2.45) is 0 Å². The second-order valence-electron chi connectivity index (χ2n) is 4.96. The van der Waals surface area contributed by atoms with E-state index in [0.29, 0.717) is 11.4 Å². The van der Waals surface area contributed by atoms with Gasteiger partial charge in [0.2, 0.25) is 0 Å². The number of hydrogen-bond donors (Lipinski definition) is 1. The van der Waals surface area contributed by atoms with E-state index in [9.17, 15) is 14.9 Å². The molecule has 0 unspecified atom stereocenters. The van der Waals surface area contributed by atoms with Gasteiger partial charge >= 0.3 is 0 Å². The Bertz CT molecular complexity index is 762. The van der Waals surface area contributed by atoms with Gasteiger partial charge in [0, 0.05) is 12.1 Å². The largest absolute Gasteiger partial charge is 0.483 e. The summed E-state index contributed by atoms with van der Waals surface area (Å²) in [6.07, 6.45) is 0. The molecule has 0 fully saturated rings. The number of carbonyl (C=O) groups excluding carboxylic acids is 1. The van der Waals surface area contributed by atoms with Crippen LogP contribution in [-0.4, -0.2) is 17.4 Å². The number of nitrogens with one attached hydrogen (secondary N) is 1. The van der Waals surface area contributed by atoms with Crippen molar-refractivity contribution in [2.45, 2.75) is 13.8 Å². The highest BCUT2D eigenvalue weighted by molar-refractivity contribution is 6.34. The number of halogens is 1. The predicted octanol–water partition coefficient (Wildman–Crippen LogP) is 3.88. The normalized spacial score (nSPS) is 10.2. The molecule has 0 aliphatic heterocycles. The van der Waals surface area contributed by atoms with Crippen LogP contribution in [0.2, 0.25) is 5.02 Å². The van der Waals surface area contributed by atoms with Crippen molar-refractivity contribution in [3.8, 4) is 5.75 Å². The molecule has 0 heterocycles. The van der Waals surface area contributed by atoms with E-state index in [1.54, 1.807) is 6.07 Å². The van der Waals surface area contributed by atoms with Crippen molar-refractivity contribution in [3.05, 3.63) is 62.7 Å². The first-order chi connectivity index (χ1) is 10.9. The molecular formula is C16H15ClN2O4. The average molecular weight is 335 g/mol. The molecule has 0 radical (unpaired) electrons. The zero-order chi connectivity index (χ0) is 17.0. The fourth-order valence-electron chi connectivity index (χ4n) is 1.93. The van der Waals surface area contributed by atoms with Gasteiger partial charge in [-0.05, 0) is 37.1 Å². The van der Waals surface area contributed by atoms with Crippen molar-refractivity contribution < 1.29 is 14.5 Å². The summed E-state index contributed by atoms with van der Waals surface area (Å²) in [7, 11) is 0. The van der Waals surface area contributed by atoms with E-state index in [4.69, 9.17) is 16.3 Å². The topological polar surface area (TPSA) is 81.5 Å². The lowest BCUT2D eigenvalue weighted by Gasteiger charge is -2.11. The second kappa shape index (κ2) is 7.11. The maximum atomic E-state index is 11.9. The summed E-state index contributed by atoms with van der Waals surface area (Å²) < 4.78 is 5.49. The molecule has 6 nitrogen and oxygen atoms in total. The zero-order valence-corrected chi connectivity index (χ0v) is 13.4. The van der Waals surface area contributed by atoms with Gasteiger partial charge in [0.25, 0.3) is 11.6 Å². The Labute approximate surface area is 138 Å².